The molecule has 0 radical (unpaired) electrons. The Bertz CT molecular complexity index is 341. The lowest BCUT2D eigenvalue weighted by Crippen LogP contribution is -2.43. The first-order valence-electron chi connectivity index (χ1n) is 5.08. The van der Waals surface area contributed by atoms with Crippen LogP contribution in [-0.4, -0.2) is 25.2 Å². The van der Waals surface area contributed by atoms with Gasteiger partial charge in [0.1, 0.15) is 5.82 Å². The fraction of sp³-hybridized carbons (Fsp3) is 0.455. The second kappa shape index (κ2) is 3.99. The van der Waals surface area contributed by atoms with E-state index in [9.17, 15) is 4.39 Å². The Kier molecular flexibility index (Phi) is 2.85. The Morgan fingerprint density at radius 2 is 2.00 bits per heavy atom. The van der Waals surface area contributed by atoms with Gasteiger partial charge in [-0.15, -0.1) is 12.4 Å². The topological polar surface area (TPSA) is 15.3 Å². The summed E-state index contributed by atoms with van der Waals surface area (Å²) in [5.41, 5.74) is 1.15. The normalized spacial score (nSPS) is 27.9. The van der Waals surface area contributed by atoms with Crippen LogP contribution in [0.15, 0.2) is 24.3 Å². The Morgan fingerprint density at radius 1 is 1.27 bits per heavy atom. The molecular weight excluding hydrogens is 215 g/mol. The molecule has 4 heteroatoms. The first-order valence-corrected chi connectivity index (χ1v) is 5.08. The average Bonchev–Trinajstić information content (AvgIpc) is 2.80. The molecule has 1 N–H and O–H groups in total. The van der Waals surface area contributed by atoms with Gasteiger partial charge in [-0.25, -0.2) is 4.39 Å². The lowest BCUT2D eigenvalue weighted by atomic mass is 10.2. The van der Waals surface area contributed by atoms with Gasteiger partial charge in [0.05, 0.1) is 0 Å². The molecule has 2 saturated heterocycles. The molecule has 0 aromatic heterocycles. The zero-order valence-electron chi connectivity index (χ0n) is 8.32. The summed E-state index contributed by atoms with van der Waals surface area (Å²) in [7, 11) is 0. The number of anilines is 1. The highest BCUT2D eigenvalue weighted by Crippen LogP contribution is 2.29. The van der Waals surface area contributed by atoms with E-state index >= 15 is 0 Å². The van der Waals surface area contributed by atoms with Crippen LogP contribution < -0.4 is 10.2 Å². The van der Waals surface area contributed by atoms with Crippen LogP contribution in [0, 0.1) is 5.82 Å². The van der Waals surface area contributed by atoms with Gasteiger partial charge in [0.2, 0.25) is 0 Å². The SMILES string of the molecule is Cl.Fc1ccc(N2C[C@@H]3C[C@H]2CN3)cc1. The van der Waals surface area contributed by atoms with Gasteiger partial charge in [-0.05, 0) is 30.7 Å². The molecule has 82 valence electrons. The molecule has 1 aromatic rings. The van der Waals surface area contributed by atoms with Crippen LogP contribution in [0.1, 0.15) is 6.42 Å². The molecule has 3 rings (SSSR count). The number of nitrogens with one attached hydrogen (secondary N) is 1. The fourth-order valence-corrected chi connectivity index (χ4v) is 2.51. The summed E-state index contributed by atoms with van der Waals surface area (Å²) in [6.07, 6.45) is 1.23. The third-order valence-corrected chi connectivity index (χ3v) is 3.21. The van der Waals surface area contributed by atoms with Crippen molar-refractivity contribution in [1.29, 1.82) is 0 Å². The summed E-state index contributed by atoms with van der Waals surface area (Å²) in [5, 5.41) is 3.45. The molecule has 2 atom stereocenters. The van der Waals surface area contributed by atoms with Crippen molar-refractivity contribution in [1.82, 2.24) is 5.32 Å². The maximum absolute atomic E-state index is 12.7. The first-order chi connectivity index (χ1) is 6.83. The van der Waals surface area contributed by atoms with Gasteiger partial charge in [-0.3, -0.25) is 0 Å². The summed E-state index contributed by atoms with van der Waals surface area (Å²) in [6.45, 7) is 2.14. The standard InChI is InChI=1S/C11H13FN2.ClH/c12-8-1-3-10(4-2-8)14-7-9-5-11(14)6-13-9;/h1-4,9,11,13H,5-7H2;1H/t9-,11-;/m0./s1. The van der Waals surface area contributed by atoms with Gasteiger partial charge in [0.25, 0.3) is 0 Å². The highest BCUT2D eigenvalue weighted by Gasteiger charge is 2.37. The second-order valence-corrected chi connectivity index (χ2v) is 4.12. The number of nitrogens with zero attached hydrogens (tertiary/aromatic N) is 1. The highest BCUT2D eigenvalue weighted by molar-refractivity contribution is 5.85. The van der Waals surface area contributed by atoms with E-state index < -0.39 is 0 Å². The second-order valence-electron chi connectivity index (χ2n) is 4.12. The summed E-state index contributed by atoms with van der Waals surface area (Å²) in [6, 6.07) is 8.07. The average molecular weight is 229 g/mol. The lowest BCUT2D eigenvalue weighted by Gasteiger charge is -2.29. The van der Waals surface area contributed by atoms with Gasteiger partial charge in [-0.1, -0.05) is 0 Å². The van der Waals surface area contributed by atoms with E-state index in [0.717, 1.165) is 18.8 Å². The number of benzene rings is 1. The van der Waals surface area contributed by atoms with Crippen molar-refractivity contribution in [2.75, 3.05) is 18.0 Å². The van der Waals surface area contributed by atoms with Gasteiger partial charge in [-0.2, -0.15) is 0 Å². The van der Waals surface area contributed by atoms with Crippen LogP contribution in [0.5, 0.6) is 0 Å². The molecule has 15 heavy (non-hydrogen) atoms. The number of hydrogen-bond donors (Lipinski definition) is 1. The van der Waals surface area contributed by atoms with Crippen molar-refractivity contribution < 1.29 is 4.39 Å². The molecule has 2 aliphatic rings. The van der Waals surface area contributed by atoms with Crippen molar-refractivity contribution in [3.8, 4) is 0 Å². The Balaban J connectivity index is 0.000000853. The molecule has 2 heterocycles. The number of halogens is 2. The van der Waals surface area contributed by atoms with Crippen LogP contribution in [0.2, 0.25) is 0 Å². The Hall–Kier alpha value is -0.800. The van der Waals surface area contributed by atoms with Gasteiger partial charge < -0.3 is 10.2 Å². The van der Waals surface area contributed by atoms with E-state index in [-0.39, 0.29) is 18.2 Å². The zero-order valence-corrected chi connectivity index (χ0v) is 9.14. The van der Waals surface area contributed by atoms with Gasteiger partial charge in [0.15, 0.2) is 0 Å². The molecule has 2 aliphatic heterocycles. The minimum Gasteiger partial charge on any atom is -0.366 e. The van der Waals surface area contributed by atoms with Crippen molar-refractivity contribution in [2.24, 2.45) is 0 Å². The molecule has 0 aliphatic carbocycles. The third-order valence-electron chi connectivity index (χ3n) is 3.21. The molecule has 1 aromatic carbocycles. The quantitative estimate of drug-likeness (QED) is 0.789. The van der Waals surface area contributed by atoms with Crippen LogP contribution >= 0.6 is 12.4 Å². The zero-order chi connectivity index (χ0) is 9.54. The molecule has 0 unspecified atom stereocenters. The van der Waals surface area contributed by atoms with E-state index in [2.05, 4.69) is 10.2 Å². The summed E-state index contributed by atoms with van der Waals surface area (Å²) < 4.78 is 12.7. The van der Waals surface area contributed by atoms with Gasteiger partial charge >= 0.3 is 0 Å². The van der Waals surface area contributed by atoms with Crippen molar-refractivity contribution in [3.05, 3.63) is 30.1 Å². The van der Waals surface area contributed by atoms with Gasteiger partial charge in [0, 0.05) is 30.9 Å². The molecule has 2 nitrogen and oxygen atoms in total. The van der Waals surface area contributed by atoms with Crippen LogP contribution in [-0.2, 0) is 0 Å². The summed E-state index contributed by atoms with van der Waals surface area (Å²) >= 11 is 0. The van der Waals surface area contributed by atoms with E-state index in [1.165, 1.54) is 18.6 Å². The highest BCUT2D eigenvalue weighted by atomic mass is 35.5. The van der Waals surface area contributed by atoms with E-state index in [1.807, 2.05) is 12.1 Å². The van der Waals surface area contributed by atoms with E-state index in [0.29, 0.717) is 12.1 Å². The molecular formula is C11H14ClFN2. The Morgan fingerprint density at radius 3 is 2.53 bits per heavy atom. The molecule has 0 saturated carbocycles. The number of hydrogen-bond acceptors (Lipinski definition) is 2. The predicted octanol–water partition coefficient (Wildman–Crippen LogP) is 1.80. The minimum atomic E-state index is -0.156. The summed E-state index contributed by atoms with van der Waals surface area (Å²) in [5.74, 6) is -0.156. The number of piperazine rings is 1. The first kappa shape index (κ1) is 10.7. The number of fused-ring (bicyclic) bond motifs is 2. The molecule has 2 fully saturated rings. The number of rotatable bonds is 1. The predicted molar refractivity (Wildman–Crippen MR) is 61.2 cm³/mol. The monoisotopic (exact) mass is 228 g/mol. The molecule has 0 amide bonds. The van der Waals surface area contributed by atoms with Crippen molar-refractivity contribution in [2.45, 2.75) is 18.5 Å². The third kappa shape index (κ3) is 1.82. The largest absolute Gasteiger partial charge is 0.366 e. The maximum Gasteiger partial charge on any atom is 0.123 e. The lowest BCUT2D eigenvalue weighted by molar-refractivity contribution is 0.579. The Labute approximate surface area is 94.9 Å². The minimum absolute atomic E-state index is 0. The van der Waals surface area contributed by atoms with E-state index in [1.54, 1.807) is 0 Å². The fourth-order valence-electron chi connectivity index (χ4n) is 2.51. The van der Waals surface area contributed by atoms with Crippen LogP contribution in [0.3, 0.4) is 0 Å². The van der Waals surface area contributed by atoms with Crippen LogP contribution in [0.4, 0.5) is 10.1 Å². The smallest absolute Gasteiger partial charge is 0.123 e. The van der Waals surface area contributed by atoms with Crippen molar-refractivity contribution >= 4 is 18.1 Å². The van der Waals surface area contributed by atoms with E-state index in [4.69, 9.17) is 0 Å². The van der Waals surface area contributed by atoms with Crippen LogP contribution in [0.25, 0.3) is 0 Å². The summed E-state index contributed by atoms with van der Waals surface area (Å²) in [4.78, 5) is 2.38. The van der Waals surface area contributed by atoms with Crippen molar-refractivity contribution in [3.63, 3.8) is 0 Å². The maximum atomic E-state index is 12.7. The molecule has 0 spiro atoms. The molecule has 2 bridgehead atoms.